The number of hydrogen-bond acceptors (Lipinski definition) is 3. The van der Waals surface area contributed by atoms with E-state index in [4.69, 9.17) is 10.4 Å². The second-order valence-corrected chi connectivity index (χ2v) is 4.77. The molecule has 1 aromatic carbocycles. The summed E-state index contributed by atoms with van der Waals surface area (Å²) >= 11 is 0. The first kappa shape index (κ1) is 13.9. The SMILES string of the molecule is CN(C(=O)N1CCC(C(=O)O)C1)c1cccc(C#N)c1. The van der Waals surface area contributed by atoms with Crippen LogP contribution < -0.4 is 4.90 Å². The molecular weight excluding hydrogens is 258 g/mol. The highest BCUT2D eigenvalue weighted by atomic mass is 16.4. The maximum Gasteiger partial charge on any atom is 0.324 e. The number of urea groups is 1. The molecule has 1 aliphatic heterocycles. The van der Waals surface area contributed by atoms with Gasteiger partial charge in [0.15, 0.2) is 0 Å². The third kappa shape index (κ3) is 2.72. The molecule has 1 atom stereocenters. The van der Waals surface area contributed by atoms with Gasteiger partial charge in [0.2, 0.25) is 0 Å². The number of nitriles is 1. The fraction of sp³-hybridized carbons (Fsp3) is 0.357. The second kappa shape index (κ2) is 5.61. The van der Waals surface area contributed by atoms with Crippen molar-refractivity contribution >= 4 is 17.7 Å². The Labute approximate surface area is 116 Å². The largest absolute Gasteiger partial charge is 0.481 e. The molecule has 0 aromatic heterocycles. The van der Waals surface area contributed by atoms with Crippen molar-refractivity contribution in [1.29, 1.82) is 5.26 Å². The molecule has 0 aliphatic carbocycles. The molecule has 1 fully saturated rings. The van der Waals surface area contributed by atoms with E-state index in [0.717, 1.165) is 0 Å². The highest BCUT2D eigenvalue weighted by molar-refractivity contribution is 5.92. The van der Waals surface area contributed by atoms with Gasteiger partial charge in [-0.25, -0.2) is 4.79 Å². The zero-order valence-corrected chi connectivity index (χ0v) is 11.1. The average Bonchev–Trinajstić information content (AvgIpc) is 2.95. The Morgan fingerprint density at radius 1 is 1.50 bits per heavy atom. The molecule has 2 rings (SSSR count). The molecule has 1 saturated heterocycles. The van der Waals surface area contributed by atoms with E-state index in [1.54, 1.807) is 31.3 Å². The Bertz CT molecular complexity index is 579. The second-order valence-electron chi connectivity index (χ2n) is 4.77. The summed E-state index contributed by atoms with van der Waals surface area (Å²) in [7, 11) is 1.62. The highest BCUT2D eigenvalue weighted by Crippen LogP contribution is 2.21. The molecular formula is C14H15N3O3. The Balaban J connectivity index is 2.09. The van der Waals surface area contributed by atoms with Gasteiger partial charge in [0.25, 0.3) is 0 Å². The number of nitrogens with zero attached hydrogens (tertiary/aromatic N) is 3. The van der Waals surface area contributed by atoms with Crippen LogP contribution in [0, 0.1) is 17.2 Å². The molecule has 20 heavy (non-hydrogen) atoms. The summed E-state index contributed by atoms with van der Waals surface area (Å²) in [5.41, 5.74) is 1.10. The summed E-state index contributed by atoms with van der Waals surface area (Å²) in [4.78, 5) is 26.2. The maximum atomic E-state index is 12.3. The first-order valence-electron chi connectivity index (χ1n) is 6.28. The molecule has 104 valence electrons. The fourth-order valence-corrected chi connectivity index (χ4v) is 2.24. The zero-order chi connectivity index (χ0) is 14.7. The topological polar surface area (TPSA) is 84.6 Å². The Kier molecular flexibility index (Phi) is 3.89. The van der Waals surface area contributed by atoms with E-state index in [1.165, 1.54) is 9.80 Å². The predicted octanol–water partition coefficient (Wildman–Crippen LogP) is 1.52. The van der Waals surface area contributed by atoms with Crippen molar-refractivity contribution in [1.82, 2.24) is 4.90 Å². The molecule has 1 aromatic rings. The predicted molar refractivity (Wildman–Crippen MR) is 72.3 cm³/mol. The molecule has 0 saturated carbocycles. The molecule has 1 unspecified atom stereocenters. The van der Waals surface area contributed by atoms with E-state index in [1.807, 2.05) is 6.07 Å². The third-order valence-corrected chi connectivity index (χ3v) is 3.46. The van der Waals surface area contributed by atoms with E-state index in [2.05, 4.69) is 0 Å². The first-order chi connectivity index (χ1) is 9.52. The zero-order valence-electron chi connectivity index (χ0n) is 11.1. The number of likely N-dealkylation sites (tertiary alicyclic amines) is 1. The van der Waals surface area contributed by atoms with Gasteiger partial charge in [-0.1, -0.05) is 6.07 Å². The van der Waals surface area contributed by atoms with Crippen LogP contribution in [-0.2, 0) is 4.79 Å². The van der Waals surface area contributed by atoms with Gasteiger partial charge in [0, 0.05) is 25.8 Å². The van der Waals surface area contributed by atoms with Crippen LogP contribution in [0.3, 0.4) is 0 Å². The quantitative estimate of drug-likeness (QED) is 0.885. The normalized spacial score (nSPS) is 17.6. The van der Waals surface area contributed by atoms with Crippen molar-refractivity contribution in [3.8, 4) is 6.07 Å². The van der Waals surface area contributed by atoms with Crippen molar-refractivity contribution in [2.75, 3.05) is 25.0 Å². The number of carboxylic acid groups (broad SMARTS) is 1. The van der Waals surface area contributed by atoms with Gasteiger partial charge in [-0.15, -0.1) is 0 Å². The first-order valence-corrected chi connectivity index (χ1v) is 6.28. The number of rotatable bonds is 2. The van der Waals surface area contributed by atoms with E-state index in [-0.39, 0.29) is 12.6 Å². The van der Waals surface area contributed by atoms with Crippen LogP contribution in [0.4, 0.5) is 10.5 Å². The van der Waals surface area contributed by atoms with Crippen molar-refractivity contribution in [3.63, 3.8) is 0 Å². The smallest absolute Gasteiger partial charge is 0.324 e. The highest BCUT2D eigenvalue weighted by Gasteiger charge is 2.32. The summed E-state index contributed by atoms with van der Waals surface area (Å²) in [6.45, 7) is 0.675. The molecule has 6 heteroatoms. The molecule has 2 amide bonds. The molecule has 0 bridgehead atoms. The number of carboxylic acids is 1. The number of anilines is 1. The van der Waals surface area contributed by atoms with Crippen molar-refractivity contribution in [2.24, 2.45) is 5.92 Å². The van der Waals surface area contributed by atoms with Crippen LogP contribution in [0.5, 0.6) is 0 Å². The van der Waals surface area contributed by atoms with Gasteiger partial charge in [0.1, 0.15) is 0 Å². The number of amides is 2. The molecule has 1 N–H and O–H groups in total. The average molecular weight is 273 g/mol. The summed E-state index contributed by atoms with van der Waals surface area (Å²) in [6.07, 6.45) is 0.479. The van der Waals surface area contributed by atoms with Gasteiger partial charge in [-0.2, -0.15) is 5.26 Å². The molecule has 1 heterocycles. The number of carbonyl (C=O) groups excluding carboxylic acids is 1. The van der Waals surface area contributed by atoms with Gasteiger partial charge in [-0.05, 0) is 24.6 Å². The van der Waals surface area contributed by atoms with Crippen LogP contribution in [0.1, 0.15) is 12.0 Å². The summed E-state index contributed by atoms with van der Waals surface area (Å²) in [6, 6.07) is 8.52. The van der Waals surface area contributed by atoms with E-state index >= 15 is 0 Å². The van der Waals surface area contributed by atoms with Gasteiger partial charge >= 0.3 is 12.0 Å². The lowest BCUT2D eigenvalue weighted by Crippen LogP contribution is -2.40. The lowest BCUT2D eigenvalue weighted by molar-refractivity contribution is -0.141. The molecule has 6 nitrogen and oxygen atoms in total. The van der Waals surface area contributed by atoms with Gasteiger partial charge < -0.3 is 10.0 Å². The Morgan fingerprint density at radius 3 is 2.85 bits per heavy atom. The summed E-state index contributed by atoms with van der Waals surface area (Å²) < 4.78 is 0. The standard InChI is InChI=1S/C14H15N3O3/c1-16(12-4-2-3-10(7-12)8-15)14(20)17-6-5-11(9-17)13(18)19/h2-4,7,11H,5-6,9H2,1H3,(H,18,19). The number of benzene rings is 1. The van der Waals surface area contributed by atoms with Crippen molar-refractivity contribution in [3.05, 3.63) is 29.8 Å². The van der Waals surface area contributed by atoms with Crippen molar-refractivity contribution < 1.29 is 14.7 Å². The summed E-state index contributed by atoms with van der Waals surface area (Å²) in [5, 5.41) is 17.8. The van der Waals surface area contributed by atoms with Crippen LogP contribution in [0.25, 0.3) is 0 Å². The minimum absolute atomic E-state index is 0.233. The molecule has 0 radical (unpaired) electrons. The van der Waals surface area contributed by atoms with E-state index in [9.17, 15) is 9.59 Å². The van der Waals surface area contributed by atoms with Crippen LogP contribution in [0.15, 0.2) is 24.3 Å². The minimum atomic E-state index is -0.866. The Morgan fingerprint density at radius 2 is 2.25 bits per heavy atom. The van der Waals surface area contributed by atoms with E-state index < -0.39 is 11.9 Å². The van der Waals surface area contributed by atoms with E-state index in [0.29, 0.717) is 24.2 Å². The van der Waals surface area contributed by atoms with Crippen LogP contribution >= 0.6 is 0 Å². The van der Waals surface area contributed by atoms with Crippen LogP contribution in [0.2, 0.25) is 0 Å². The van der Waals surface area contributed by atoms with Gasteiger partial charge in [-0.3, -0.25) is 9.69 Å². The monoisotopic (exact) mass is 273 g/mol. The Hall–Kier alpha value is -2.55. The number of carbonyl (C=O) groups is 2. The molecule has 0 spiro atoms. The van der Waals surface area contributed by atoms with Crippen molar-refractivity contribution in [2.45, 2.75) is 6.42 Å². The van der Waals surface area contributed by atoms with Crippen LogP contribution in [-0.4, -0.2) is 42.1 Å². The number of aliphatic carboxylic acids is 1. The lowest BCUT2D eigenvalue weighted by atomic mass is 10.1. The molecule has 1 aliphatic rings. The maximum absolute atomic E-state index is 12.3. The fourth-order valence-electron chi connectivity index (χ4n) is 2.24. The minimum Gasteiger partial charge on any atom is -0.481 e. The summed E-state index contributed by atoms with van der Waals surface area (Å²) in [5.74, 6) is -1.35. The third-order valence-electron chi connectivity index (χ3n) is 3.46. The number of hydrogen-bond donors (Lipinski definition) is 1. The van der Waals surface area contributed by atoms with Gasteiger partial charge in [0.05, 0.1) is 17.6 Å². The lowest BCUT2D eigenvalue weighted by Gasteiger charge is -2.24.